The maximum atomic E-state index is 10.7. The Labute approximate surface area is 108 Å². The molecule has 1 rings (SSSR count). The Morgan fingerprint density at radius 3 is 2.44 bits per heavy atom. The third-order valence-electron chi connectivity index (χ3n) is 2.05. The molecule has 0 radical (unpaired) electrons. The number of rotatable bonds is 6. The predicted octanol–water partition coefficient (Wildman–Crippen LogP) is 3.55. The van der Waals surface area contributed by atoms with E-state index in [1.807, 2.05) is 30.3 Å². The van der Waals surface area contributed by atoms with Crippen LogP contribution in [0.3, 0.4) is 0 Å². The summed E-state index contributed by atoms with van der Waals surface area (Å²) in [7, 11) is 0. The zero-order valence-electron chi connectivity index (χ0n) is 9.43. The Bertz CT molecular complexity index is 444. The Kier molecular flexibility index (Phi) is 6.89. The molecule has 0 saturated heterocycles. The van der Waals surface area contributed by atoms with Crippen LogP contribution in [-0.2, 0) is 16.1 Å². The summed E-state index contributed by atoms with van der Waals surface area (Å²) < 4.78 is 5.33. The minimum atomic E-state index is -1.05. The molecule has 0 amide bonds. The second-order valence-electron chi connectivity index (χ2n) is 3.35. The van der Waals surface area contributed by atoms with E-state index in [9.17, 15) is 4.79 Å². The van der Waals surface area contributed by atoms with E-state index in [0.29, 0.717) is 12.4 Å². The van der Waals surface area contributed by atoms with Gasteiger partial charge >= 0.3 is 5.97 Å². The number of benzene rings is 1. The zero-order chi connectivity index (χ0) is 12.7. The van der Waals surface area contributed by atoms with Crippen LogP contribution < -0.4 is 0 Å². The summed E-state index contributed by atoms with van der Waals surface area (Å²) in [5.41, 5.74) is 1.06. The number of carboxylic acid groups (broad SMARTS) is 1. The van der Waals surface area contributed by atoms with Crippen LogP contribution in [0.25, 0.3) is 0 Å². The summed E-state index contributed by atoms with van der Waals surface area (Å²) >= 11 is 0. The van der Waals surface area contributed by atoms with E-state index in [1.54, 1.807) is 0 Å². The van der Waals surface area contributed by atoms with Crippen LogP contribution in [0.5, 0.6) is 0 Å². The van der Waals surface area contributed by atoms with E-state index in [2.05, 4.69) is 13.2 Å². The summed E-state index contributed by atoms with van der Waals surface area (Å²) in [6, 6.07) is 9.57. The van der Waals surface area contributed by atoms with Crippen molar-refractivity contribution in [1.82, 2.24) is 0 Å². The number of hydrogen-bond donors (Lipinski definition) is 1. The number of hydrogen-bond acceptors (Lipinski definition) is 2. The highest BCUT2D eigenvalue weighted by atomic mass is 16.5. The van der Waals surface area contributed by atoms with Crippen molar-refractivity contribution in [3.8, 4) is 0 Å². The van der Waals surface area contributed by atoms with Gasteiger partial charge in [-0.05, 0) is 11.6 Å². The van der Waals surface area contributed by atoms with Gasteiger partial charge in [-0.2, -0.15) is 0 Å². The van der Waals surface area contributed by atoms with Crippen molar-refractivity contribution in [3.05, 3.63) is 72.5 Å². The van der Waals surface area contributed by atoms with Gasteiger partial charge in [0.2, 0.25) is 0 Å². The van der Waals surface area contributed by atoms with Crippen molar-refractivity contribution in [2.45, 2.75) is 14.0 Å². The van der Waals surface area contributed by atoms with Gasteiger partial charge in [-0.3, -0.25) is 0 Å². The van der Waals surface area contributed by atoms with E-state index in [4.69, 9.17) is 9.84 Å². The number of allylic oxidation sites excluding steroid dienone is 1. The van der Waals surface area contributed by atoms with E-state index < -0.39 is 5.97 Å². The van der Waals surface area contributed by atoms with Crippen LogP contribution in [0.1, 0.15) is 13.0 Å². The summed E-state index contributed by atoms with van der Waals surface area (Å²) in [4.78, 5) is 10.7. The average Bonchev–Trinajstić information content (AvgIpc) is 2.34. The van der Waals surface area contributed by atoms with Crippen molar-refractivity contribution >= 4 is 5.97 Å². The quantitative estimate of drug-likeness (QED) is 0.474. The third-order valence-corrected chi connectivity index (χ3v) is 2.05. The van der Waals surface area contributed by atoms with Crippen molar-refractivity contribution in [2.75, 3.05) is 0 Å². The monoisotopic (exact) mass is 246 g/mol. The topological polar surface area (TPSA) is 46.5 Å². The van der Waals surface area contributed by atoms with E-state index in [-0.39, 0.29) is 13.0 Å². The fourth-order valence-electron chi connectivity index (χ4n) is 1.17. The molecule has 0 aliphatic heterocycles. The number of aliphatic carboxylic acids is 1. The lowest BCUT2D eigenvalue weighted by atomic mass is 10.2. The molecule has 0 bridgehead atoms. The molecule has 0 spiro atoms. The molecule has 18 heavy (non-hydrogen) atoms. The van der Waals surface area contributed by atoms with Crippen molar-refractivity contribution in [2.24, 2.45) is 0 Å². The first-order chi connectivity index (χ1) is 8.13. The van der Waals surface area contributed by atoms with Gasteiger partial charge in [0.1, 0.15) is 12.4 Å². The Hall–Kier alpha value is -2.29. The van der Waals surface area contributed by atoms with Crippen LogP contribution in [0.4, 0.5) is 0 Å². The largest absolute Gasteiger partial charge is 0.490 e. The lowest BCUT2D eigenvalue weighted by Crippen LogP contribution is -1.99. The Morgan fingerprint density at radius 2 is 1.94 bits per heavy atom. The maximum absolute atomic E-state index is 10.7. The van der Waals surface area contributed by atoms with E-state index >= 15 is 0 Å². The maximum Gasteiger partial charge on any atom is 0.335 e. The van der Waals surface area contributed by atoms with Crippen LogP contribution in [0.15, 0.2) is 67.0 Å². The minimum Gasteiger partial charge on any atom is -0.490 e. The van der Waals surface area contributed by atoms with E-state index in [1.165, 1.54) is 12.2 Å². The Morgan fingerprint density at radius 1 is 1.33 bits per heavy atom. The van der Waals surface area contributed by atoms with Gasteiger partial charge in [-0.15, -0.1) is 0 Å². The molecule has 1 aromatic rings. The Balaban J connectivity index is 0.00000289. The second-order valence-corrected chi connectivity index (χ2v) is 3.35. The lowest BCUT2D eigenvalue weighted by molar-refractivity contribution is -0.132. The molecule has 0 saturated carbocycles. The first-order valence-electron chi connectivity index (χ1n) is 5.06. The molecule has 0 heterocycles. The molecule has 1 N–H and O–H groups in total. The third kappa shape index (κ3) is 5.16. The van der Waals surface area contributed by atoms with Gasteiger partial charge < -0.3 is 9.84 Å². The number of carboxylic acids is 1. The molecule has 0 fully saturated rings. The van der Waals surface area contributed by atoms with Gasteiger partial charge in [-0.25, -0.2) is 4.79 Å². The van der Waals surface area contributed by atoms with Crippen molar-refractivity contribution in [1.29, 1.82) is 0 Å². The van der Waals surface area contributed by atoms with Gasteiger partial charge in [0.25, 0.3) is 0 Å². The van der Waals surface area contributed by atoms with E-state index in [0.717, 1.165) is 5.56 Å². The summed E-state index contributed by atoms with van der Waals surface area (Å²) in [6.45, 7) is 7.40. The first-order valence-corrected chi connectivity index (χ1v) is 5.06. The minimum absolute atomic E-state index is 0. The van der Waals surface area contributed by atoms with Crippen LogP contribution in [-0.4, -0.2) is 11.1 Å². The van der Waals surface area contributed by atoms with Gasteiger partial charge in [0.05, 0.1) is 5.57 Å². The van der Waals surface area contributed by atoms with Crippen molar-refractivity contribution in [3.63, 3.8) is 0 Å². The fraction of sp³-hybridized carbons (Fsp3) is 0.133. The zero-order valence-corrected chi connectivity index (χ0v) is 9.43. The molecule has 0 aliphatic rings. The molecule has 96 valence electrons. The first kappa shape index (κ1) is 15.7. The van der Waals surface area contributed by atoms with Crippen LogP contribution >= 0.6 is 0 Å². The average molecular weight is 246 g/mol. The highest BCUT2D eigenvalue weighted by molar-refractivity contribution is 5.90. The molecule has 1 aromatic carbocycles. The molecular weight excluding hydrogens is 228 g/mol. The van der Waals surface area contributed by atoms with Gasteiger partial charge in [-0.1, -0.05) is 57.0 Å². The van der Waals surface area contributed by atoms with Crippen LogP contribution in [0, 0.1) is 0 Å². The smallest absolute Gasteiger partial charge is 0.335 e. The number of ether oxygens (including phenoxy) is 1. The van der Waals surface area contributed by atoms with Crippen LogP contribution in [0.2, 0.25) is 0 Å². The van der Waals surface area contributed by atoms with Crippen molar-refractivity contribution < 1.29 is 14.6 Å². The predicted molar refractivity (Wildman–Crippen MR) is 73.0 cm³/mol. The molecule has 0 atom stereocenters. The normalized spacial score (nSPS) is 10.1. The molecular formula is C15H18O3. The lowest BCUT2D eigenvalue weighted by Gasteiger charge is -2.06. The molecule has 0 aromatic heterocycles. The standard InChI is InChI=1S/C14H14O3.CH4/c1-3-13(14(15)16)9-11(2)17-10-12-7-5-4-6-8-12;/h3-9H,1-2,10H2,(H,15,16);1H4/b13-9+;. The molecule has 3 heteroatoms. The molecule has 0 aliphatic carbocycles. The highest BCUT2D eigenvalue weighted by Crippen LogP contribution is 2.08. The molecule has 3 nitrogen and oxygen atoms in total. The summed E-state index contributed by atoms with van der Waals surface area (Å²) in [6.07, 6.45) is 2.59. The summed E-state index contributed by atoms with van der Waals surface area (Å²) in [5.74, 6) is -0.754. The second kappa shape index (κ2) is 7.90. The fourth-order valence-corrected chi connectivity index (χ4v) is 1.17. The summed E-state index contributed by atoms with van der Waals surface area (Å²) in [5, 5.41) is 8.77. The SMILES string of the molecule is C.C=C/C(=C\C(=C)OCc1ccccc1)C(=O)O. The highest BCUT2D eigenvalue weighted by Gasteiger charge is 2.03. The van der Waals surface area contributed by atoms with Gasteiger partial charge in [0, 0.05) is 0 Å². The molecule has 0 unspecified atom stereocenters. The number of carbonyl (C=O) groups is 1. The van der Waals surface area contributed by atoms with Gasteiger partial charge in [0.15, 0.2) is 0 Å².